The van der Waals surface area contributed by atoms with Crippen molar-refractivity contribution in [3.63, 3.8) is 0 Å². The zero-order valence-electron chi connectivity index (χ0n) is 9.35. The van der Waals surface area contributed by atoms with E-state index in [1.54, 1.807) is 13.0 Å². The Morgan fingerprint density at radius 2 is 2.18 bits per heavy atom. The molecule has 0 aliphatic carbocycles. The van der Waals surface area contributed by atoms with Crippen LogP contribution in [-0.4, -0.2) is 26.2 Å². The lowest BCUT2D eigenvalue weighted by molar-refractivity contribution is 0.186. The van der Waals surface area contributed by atoms with E-state index in [0.717, 1.165) is 0 Å². The fourth-order valence-electron chi connectivity index (χ4n) is 1.17. The lowest BCUT2D eigenvalue weighted by Gasteiger charge is -2.09. The number of benzene rings is 1. The van der Waals surface area contributed by atoms with E-state index in [1.165, 1.54) is 12.1 Å². The molecule has 0 fully saturated rings. The second-order valence-electron chi connectivity index (χ2n) is 3.72. The largest absolute Gasteiger partial charge is 0.398 e. The average Bonchev–Trinajstić information content (AvgIpc) is 2.21. The third kappa shape index (κ3) is 4.27. The van der Waals surface area contributed by atoms with Gasteiger partial charge in [-0.3, -0.25) is 0 Å². The molecule has 1 aromatic carbocycles. The molecule has 1 aromatic rings. The summed E-state index contributed by atoms with van der Waals surface area (Å²) in [6.45, 7) is 1.79. The molecule has 0 bridgehead atoms. The standard InChI is InChI=1S/C10H15BrN2O3S/c1-7(14)4-5-13-17(15,16)8-2-3-9(11)10(12)6-8/h2-3,6-7,13-14H,4-5,12H2,1H3. The minimum atomic E-state index is -3.56. The van der Waals surface area contributed by atoms with Crippen LogP contribution >= 0.6 is 15.9 Å². The second-order valence-corrected chi connectivity index (χ2v) is 6.34. The molecule has 1 atom stereocenters. The summed E-state index contributed by atoms with van der Waals surface area (Å²) in [7, 11) is -3.56. The molecule has 0 saturated heterocycles. The first-order valence-electron chi connectivity index (χ1n) is 5.05. The van der Waals surface area contributed by atoms with Gasteiger partial charge in [0.15, 0.2) is 0 Å². The number of aliphatic hydroxyl groups excluding tert-OH is 1. The smallest absolute Gasteiger partial charge is 0.240 e. The van der Waals surface area contributed by atoms with Gasteiger partial charge in [-0.25, -0.2) is 13.1 Å². The Bertz CT molecular complexity index is 488. The Balaban J connectivity index is 2.79. The average molecular weight is 323 g/mol. The van der Waals surface area contributed by atoms with Gasteiger partial charge in [0.25, 0.3) is 0 Å². The van der Waals surface area contributed by atoms with Crippen molar-refractivity contribution < 1.29 is 13.5 Å². The summed E-state index contributed by atoms with van der Waals surface area (Å²) in [5.74, 6) is 0. The van der Waals surface area contributed by atoms with Crippen molar-refractivity contribution in [3.05, 3.63) is 22.7 Å². The quantitative estimate of drug-likeness (QED) is 0.707. The third-order valence-electron chi connectivity index (χ3n) is 2.13. The van der Waals surface area contributed by atoms with Gasteiger partial charge < -0.3 is 10.8 Å². The topological polar surface area (TPSA) is 92.4 Å². The molecule has 0 aromatic heterocycles. The normalized spacial score (nSPS) is 13.6. The molecule has 1 unspecified atom stereocenters. The molecule has 96 valence electrons. The molecular weight excluding hydrogens is 308 g/mol. The molecule has 5 nitrogen and oxygen atoms in total. The van der Waals surface area contributed by atoms with Crippen LogP contribution in [0, 0.1) is 0 Å². The first-order chi connectivity index (χ1) is 7.83. The summed E-state index contributed by atoms with van der Waals surface area (Å²) in [5.41, 5.74) is 5.98. The molecule has 7 heteroatoms. The van der Waals surface area contributed by atoms with E-state index in [4.69, 9.17) is 10.8 Å². The van der Waals surface area contributed by atoms with Crippen molar-refractivity contribution in [2.75, 3.05) is 12.3 Å². The molecular formula is C10H15BrN2O3S. The number of nitrogens with one attached hydrogen (secondary N) is 1. The Morgan fingerprint density at radius 1 is 1.53 bits per heavy atom. The summed E-state index contributed by atoms with van der Waals surface area (Å²) in [4.78, 5) is 0.115. The predicted octanol–water partition coefficient (Wildman–Crippen LogP) is 1.08. The molecule has 0 amide bonds. The van der Waals surface area contributed by atoms with Gasteiger partial charge in [0.05, 0.1) is 11.0 Å². The van der Waals surface area contributed by atoms with Crippen LogP contribution in [0.3, 0.4) is 0 Å². The SMILES string of the molecule is CC(O)CCNS(=O)(=O)c1ccc(Br)c(N)c1. The van der Waals surface area contributed by atoms with Gasteiger partial charge in [-0.1, -0.05) is 0 Å². The van der Waals surface area contributed by atoms with E-state index >= 15 is 0 Å². The Hall–Kier alpha value is -0.630. The van der Waals surface area contributed by atoms with E-state index in [1.807, 2.05) is 0 Å². The summed E-state index contributed by atoms with van der Waals surface area (Å²) >= 11 is 3.19. The minimum absolute atomic E-state index is 0.115. The number of halogens is 1. The number of nitrogens with two attached hydrogens (primary N) is 1. The maximum Gasteiger partial charge on any atom is 0.240 e. The van der Waals surface area contributed by atoms with Crippen LogP contribution in [0.2, 0.25) is 0 Å². The molecule has 4 N–H and O–H groups in total. The van der Waals surface area contributed by atoms with Gasteiger partial charge in [-0.15, -0.1) is 0 Å². The van der Waals surface area contributed by atoms with E-state index in [2.05, 4.69) is 20.7 Å². The number of hydrogen-bond acceptors (Lipinski definition) is 4. The number of hydrogen-bond donors (Lipinski definition) is 3. The van der Waals surface area contributed by atoms with Crippen LogP contribution in [0.4, 0.5) is 5.69 Å². The van der Waals surface area contributed by atoms with Crippen LogP contribution in [0.5, 0.6) is 0 Å². The van der Waals surface area contributed by atoms with Crippen molar-refractivity contribution in [2.24, 2.45) is 0 Å². The number of anilines is 1. The fourth-order valence-corrected chi connectivity index (χ4v) is 2.50. The highest BCUT2D eigenvalue weighted by atomic mass is 79.9. The maximum absolute atomic E-state index is 11.8. The first-order valence-corrected chi connectivity index (χ1v) is 7.33. The maximum atomic E-state index is 11.8. The van der Waals surface area contributed by atoms with Crippen LogP contribution in [0.25, 0.3) is 0 Å². The first kappa shape index (κ1) is 14.4. The van der Waals surface area contributed by atoms with Crippen molar-refractivity contribution in [1.82, 2.24) is 4.72 Å². The van der Waals surface area contributed by atoms with Crippen molar-refractivity contribution in [3.8, 4) is 0 Å². The van der Waals surface area contributed by atoms with Gasteiger partial charge in [0.2, 0.25) is 10.0 Å². The van der Waals surface area contributed by atoms with Gasteiger partial charge in [-0.2, -0.15) is 0 Å². The summed E-state index contributed by atoms with van der Waals surface area (Å²) in [5, 5.41) is 9.04. The second kappa shape index (κ2) is 5.81. The number of sulfonamides is 1. The Kier molecular flexibility index (Phi) is 4.93. The van der Waals surface area contributed by atoms with Crippen LogP contribution in [-0.2, 0) is 10.0 Å². The fraction of sp³-hybridized carbons (Fsp3) is 0.400. The zero-order valence-corrected chi connectivity index (χ0v) is 11.8. The van der Waals surface area contributed by atoms with Gasteiger partial charge in [-0.05, 0) is 47.5 Å². The lowest BCUT2D eigenvalue weighted by atomic mass is 10.3. The van der Waals surface area contributed by atoms with Crippen LogP contribution in [0.15, 0.2) is 27.6 Å². The van der Waals surface area contributed by atoms with Crippen LogP contribution < -0.4 is 10.5 Å². The molecule has 0 heterocycles. The molecule has 1 rings (SSSR count). The van der Waals surface area contributed by atoms with Crippen molar-refractivity contribution in [1.29, 1.82) is 0 Å². The van der Waals surface area contributed by atoms with E-state index in [0.29, 0.717) is 16.6 Å². The summed E-state index contributed by atoms with van der Waals surface area (Å²) in [6, 6.07) is 4.43. The van der Waals surface area contributed by atoms with Gasteiger partial charge in [0.1, 0.15) is 0 Å². The molecule has 0 aliphatic rings. The minimum Gasteiger partial charge on any atom is -0.398 e. The van der Waals surface area contributed by atoms with E-state index in [9.17, 15) is 8.42 Å². The number of rotatable bonds is 5. The van der Waals surface area contributed by atoms with Crippen molar-refractivity contribution in [2.45, 2.75) is 24.3 Å². The summed E-state index contributed by atoms with van der Waals surface area (Å²) < 4.78 is 26.7. The number of aliphatic hydroxyl groups is 1. The summed E-state index contributed by atoms with van der Waals surface area (Å²) in [6.07, 6.45) is -0.168. The monoisotopic (exact) mass is 322 g/mol. The van der Waals surface area contributed by atoms with E-state index in [-0.39, 0.29) is 11.4 Å². The predicted molar refractivity (Wildman–Crippen MR) is 70.0 cm³/mol. The highest BCUT2D eigenvalue weighted by Crippen LogP contribution is 2.22. The lowest BCUT2D eigenvalue weighted by Crippen LogP contribution is -2.26. The van der Waals surface area contributed by atoms with E-state index < -0.39 is 16.1 Å². The zero-order chi connectivity index (χ0) is 13.1. The Morgan fingerprint density at radius 3 is 2.71 bits per heavy atom. The van der Waals surface area contributed by atoms with Gasteiger partial charge in [0, 0.05) is 16.7 Å². The highest BCUT2D eigenvalue weighted by molar-refractivity contribution is 9.10. The third-order valence-corrected chi connectivity index (χ3v) is 4.31. The molecule has 0 saturated carbocycles. The molecule has 0 aliphatic heterocycles. The van der Waals surface area contributed by atoms with Gasteiger partial charge >= 0.3 is 0 Å². The number of nitrogen functional groups attached to an aromatic ring is 1. The molecule has 17 heavy (non-hydrogen) atoms. The Labute approximate surface area is 109 Å². The molecule has 0 radical (unpaired) electrons. The highest BCUT2D eigenvalue weighted by Gasteiger charge is 2.14. The van der Waals surface area contributed by atoms with Crippen LogP contribution in [0.1, 0.15) is 13.3 Å². The molecule has 0 spiro atoms. The van der Waals surface area contributed by atoms with Crippen molar-refractivity contribution >= 4 is 31.6 Å².